The summed E-state index contributed by atoms with van der Waals surface area (Å²) in [5.74, 6) is -2.29. The Kier molecular flexibility index (Phi) is 7.82. The van der Waals surface area contributed by atoms with Crippen molar-refractivity contribution in [2.24, 2.45) is 7.05 Å². The molecule has 0 saturated heterocycles. The average Bonchev–Trinajstić information content (AvgIpc) is 3.18. The SMILES string of the molecule is CC(C)N(CC(=O)N(Cc1ccccc1)Cc1cccn1C)C(=O)Nc1ccc(F)c(F)c1. The van der Waals surface area contributed by atoms with Gasteiger partial charge in [-0.2, -0.15) is 0 Å². The summed E-state index contributed by atoms with van der Waals surface area (Å²) in [6.07, 6.45) is 1.91. The van der Waals surface area contributed by atoms with Gasteiger partial charge in [-0.1, -0.05) is 30.3 Å². The molecule has 0 radical (unpaired) electrons. The summed E-state index contributed by atoms with van der Waals surface area (Å²) in [7, 11) is 1.91. The van der Waals surface area contributed by atoms with E-state index in [0.29, 0.717) is 13.1 Å². The summed E-state index contributed by atoms with van der Waals surface area (Å²) in [5, 5.41) is 2.55. The van der Waals surface area contributed by atoms with E-state index in [0.717, 1.165) is 23.4 Å². The van der Waals surface area contributed by atoms with Crippen molar-refractivity contribution in [3.63, 3.8) is 0 Å². The molecule has 0 aliphatic carbocycles. The van der Waals surface area contributed by atoms with Crippen LogP contribution in [0.4, 0.5) is 19.3 Å². The molecule has 174 valence electrons. The highest BCUT2D eigenvalue weighted by Crippen LogP contribution is 2.16. The monoisotopic (exact) mass is 454 g/mol. The summed E-state index contributed by atoms with van der Waals surface area (Å²) in [4.78, 5) is 29.3. The standard InChI is InChI=1S/C25H28F2N4O2/c1-18(2)31(25(33)28-20-11-12-22(26)23(27)14-20)17-24(32)30(15-19-8-5-4-6-9-19)16-21-10-7-13-29(21)3/h4-14,18H,15-17H2,1-3H3,(H,28,33). The molecule has 0 spiro atoms. The predicted octanol–water partition coefficient (Wildman–Crippen LogP) is 4.77. The Hall–Kier alpha value is -3.68. The number of benzene rings is 2. The zero-order chi connectivity index (χ0) is 24.0. The molecule has 1 aromatic heterocycles. The summed E-state index contributed by atoms with van der Waals surface area (Å²) < 4.78 is 28.7. The summed E-state index contributed by atoms with van der Waals surface area (Å²) in [6, 6.07) is 15.7. The minimum atomic E-state index is -1.06. The van der Waals surface area contributed by atoms with E-state index in [4.69, 9.17) is 0 Å². The molecule has 33 heavy (non-hydrogen) atoms. The molecule has 3 amide bonds. The average molecular weight is 455 g/mol. The van der Waals surface area contributed by atoms with Crippen LogP contribution in [0.25, 0.3) is 0 Å². The topological polar surface area (TPSA) is 57.6 Å². The Morgan fingerprint density at radius 1 is 0.970 bits per heavy atom. The molecular formula is C25H28F2N4O2. The molecular weight excluding hydrogens is 426 g/mol. The smallest absolute Gasteiger partial charge is 0.322 e. The lowest BCUT2D eigenvalue weighted by Gasteiger charge is -2.30. The van der Waals surface area contributed by atoms with Crippen molar-refractivity contribution in [3.05, 3.63) is 89.8 Å². The normalized spacial score (nSPS) is 10.8. The molecule has 1 N–H and O–H groups in total. The Morgan fingerprint density at radius 2 is 1.70 bits per heavy atom. The lowest BCUT2D eigenvalue weighted by atomic mass is 10.2. The van der Waals surface area contributed by atoms with E-state index in [2.05, 4.69) is 5.32 Å². The van der Waals surface area contributed by atoms with E-state index in [-0.39, 0.29) is 24.2 Å². The van der Waals surface area contributed by atoms with Gasteiger partial charge >= 0.3 is 6.03 Å². The van der Waals surface area contributed by atoms with Crippen LogP contribution in [0, 0.1) is 11.6 Å². The number of aryl methyl sites for hydroxylation is 1. The van der Waals surface area contributed by atoms with Crippen LogP contribution >= 0.6 is 0 Å². The molecule has 2 aromatic carbocycles. The van der Waals surface area contributed by atoms with Gasteiger partial charge in [0, 0.05) is 43.3 Å². The minimum Gasteiger partial charge on any atom is -0.353 e. The highest BCUT2D eigenvalue weighted by Gasteiger charge is 2.24. The summed E-state index contributed by atoms with van der Waals surface area (Å²) in [6.45, 7) is 4.19. The van der Waals surface area contributed by atoms with Gasteiger partial charge in [0.1, 0.15) is 6.54 Å². The second-order valence-electron chi connectivity index (χ2n) is 8.13. The lowest BCUT2D eigenvalue weighted by Crippen LogP contribution is -2.47. The predicted molar refractivity (Wildman–Crippen MR) is 123 cm³/mol. The van der Waals surface area contributed by atoms with E-state index >= 15 is 0 Å². The molecule has 3 rings (SSSR count). The number of hydrogen-bond donors (Lipinski definition) is 1. The van der Waals surface area contributed by atoms with E-state index < -0.39 is 17.7 Å². The van der Waals surface area contributed by atoms with Gasteiger partial charge in [-0.05, 0) is 43.7 Å². The number of hydrogen-bond acceptors (Lipinski definition) is 2. The molecule has 8 heteroatoms. The van der Waals surface area contributed by atoms with Crippen LogP contribution in [0.2, 0.25) is 0 Å². The molecule has 0 unspecified atom stereocenters. The number of carbonyl (C=O) groups is 2. The minimum absolute atomic E-state index is 0.113. The molecule has 0 aliphatic rings. The van der Waals surface area contributed by atoms with Crippen LogP contribution in [0.1, 0.15) is 25.1 Å². The molecule has 3 aromatic rings. The number of nitrogens with one attached hydrogen (secondary N) is 1. The molecule has 6 nitrogen and oxygen atoms in total. The van der Waals surface area contributed by atoms with Crippen LogP contribution in [-0.2, 0) is 24.9 Å². The number of urea groups is 1. The van der Waals surface area contributed by atoms with Crippen molar-refractivity contribution < 1.29 is 18.4 Å². The zero-order valence-corrected chi connectivity index (χ0v) is 19.0. The largest absolute Gasteiger partial charge is 0.353 e. The van der Waals surface area contributed by atoms with E-state index in [1.807, 2.05) is 60.3 Å². The molecule has 0 saturated carbocycles. The van der Waals surface area contributed by atoms with Gasteiger partial charge in [-0.3, -0.25) is 4.79 Å². The third kappa shape index (κ3) is 6.41. The Labute approximate surface area is 192 Å². The zero-order valence-electron chi connectivity index (χ0n) is 19.0. The fourth-order valence-corrected chi connectivity index (χ4v) is 3.40. The summed E-state index contributed by atoms with van der Waals surface area (Å²) in [5.41, 5.74) is 2.05. The van der Waals surface area contributed by atoms with Crippen molar-refractivity contribution >= 4 is 17.6 Å². The summed E-state index contributed by atoms with van der Waals surface area (Å²) >= 11 is 0. The van der Waals surface area contributed by atoms with Gasteiger partial charge in [0.25, 0.3) is 0 Å². The van der Waals surface area contributed by atoms with Crippen molar-refractivity contribution in [1.82, 2.24) is 14.4 Å². The number of rotatable bonds is 8. The fraction of sp³-hybridized carbons (Fsp3) is 0.280. The van der Waals surface area contributed by atoms with Gasteiger partial charge < -0.3 is 19.7 Å². The molecule has 0 bridgehead atoms. The van der Waals surface area contributed by atoms with Crippen molar-refractivity contribution in [3.8, 4) is 0 Å². The fourth-order valence-electron chi connectivity index (χ4n) is 3.40. The molecule has 0 aliphatic heterocycles. The number of halogens is 2. The second kappa shape index (κ2) is 10.8. The Bertz CT molecular complexity index is 1100. The second-order valence-corrected chi connectivity index (χ2v) is 8.13. The van der Waals surface area contributed by atoms with Crippen LogP contribution in [0.15, 0.2) is 66.9 Å². The van der Waals surface area contributed by atoms with E-state index in [9.17, 15) is 18.4 Å². The highest BCUT2D eigenvalue weighted by atomic mass is 19.2. The first-order valence-corrected chi connectivity index (χ1v) is 10.7. The van der Waals surface area contributed by atoms with Crippen LogP contribution in [0.5, 0.6) is 0 Å². The number of aromatic nitrogens is 1. The van der Waals surface area contributed by atoms with Gasteiger partial charge in [0.05, 0.1) is 6.54 Å². The maximum atomic E-state index is 13.5. The van der Waals surface area contributed by atoms with Crippen LogP contribution in [-0.4, -0.2) is 38.9 Å². The Balaban J connectivity index is 1.76. The van der Waals surface area contributed by atoms with E-state index in [1.54, 1.807) is 18.7 Å². The third-order valence-corrected chi connectivity index (χ3v) is 5.33. The van der Waals surface area contributed by atoms with Gasteiger partial charge in [0.2, 0.25) is 5.91 Å². The number of amides is 3. The third-order valence-electron chi connectivity index (χ3n) is 5.33. The quantitative estimate of drug-likeness (QED) is 0.533. The first kappa shape index (κ1) is 24.0. The van der Waals surface area contributed by atoms with Gasteiger partial charge in [0.15, 0.2) is 11.6 Å². The van der Waals surface area contributed by atoms with E-state index in [1.165, 1.54) is 11.0 Å². The number of nitrogens with zero attached hydrogens (tertiary/aromatic N) is 3. The number of carbonyl (C=O) groups excluding carboxylic acids is 2. The highest BCUT2D eigenvalue weighted by molar-refractivity contribution is 5.92. The van der Waals surface area contributed by atoms with Crippen LogP contribution < -0.4 is 5.32 Å². The van der Waals surface area contributed by atoms with Crippen molar-refractivity contribution in [2.45, 2.75) is 33.0 Å². The van der Waals surface area contributed by atoms with Crippen LogP contribution in [0.3, 0.4) is 0 Å². The van der Waals surface area contributed by atoms with Gasteiger partial charge in [-0.25, -0.2) is 13.6 Å². The Morgan fingerprint density at radius 3 is 2.30 bits per heavy atom. The maximum absolute atomic E-state index is 13.5. The van der Waals surface area contributed by atoms with Crippen molar-refractivity contribution in [2.75, 3.05) is 11.9 Å². The first-order valence-electron chi connectivity index (χ1n) is 10.7. The first-order chi connectivity index (χ1) is 15.7. The number of anilines is 1. The van der Waals surface area contributed by atoms with Gasteiger partial charge in [-0.15, -0.1) is 0 Å². The molecule has 1 heterocycles. The molecule has 0 fully saturated rings. The molecule has 0 atom stereocenters. The maximum Gasteiger partial charge on any atom is 0.322 e. The lowest BCUT2D eigenvalue weighted by molar-refractivity contribution is -0.133. The van der Waals surface area contributed by atoms with Crippen molar-refractivity contribution in [1.29, 1.82) is 0 Å².